The van der Waals surface area contributed by atoms with Crippen LogP contribution in [-0.4, -0.2) is 133 Å². The number of carbonyl (C=O) groups excluding carboxylic acids is 2. The molecule has 0 bridgehead atoms. The van der Waals surface area contributed by atoms with Crippen molar-refractivity contribution in [2.24, 2.45) is 0 Å². The zero-order chi connectivity index (χ0) is 38.6. The highest BCUT2D eigenvalue weighted by Gasteiger charge is 2.42. The van der Waals surface area contributed by atoms with E-state index in [9.17, 15) is 9.59 Å². The van der Waals surface area contributed by atoms with Crippen molar-refractivity contribution >= 4 is 11.8 Å². The van der Waals surface area contributed by atoms with E-state index >= 15 is 0 Å². The molecular weight excluding hydrogens is 703 g/mol. The van der Waals surface area contributed by atoms with Crippen molar-refractivity contribution in [2.75, 3.05) is 85.8 Å². The lowest BCUT2D eigenvalue weighted by Gasteiger charge is -2.47. The van der Waals surface area contributed by atoms with E-state index in [0.717, 1.165) is 100 Å². The Morgan fingerprint density at radius 1 is 0.607 bits per heavy atom. The van der Waals surface area contributed by atoms with Gasteiger partial charge in [0.2, 0.25) is 0 Å². The molecule has 5 heterocycles. The van der Waals surface area contributed by atoms with E-state index in [1.807, 2.05) is 101 Å². The fraction of sp³-hybridized carbons (Fsp3) is 0.457. The van der Waals surface area contributed by atoms with Gasteiger partial charge in [0, 0.05) is 81.8 Å². The number of amides is 2. The first kappa shape index (κ1) is 39.6. The lowest BCUT2D eigenvalue weighted by atomic mass is 9.89. The van der Waals surface area contributed by atoms with E-state index in [2.05, 4.69) is 33.0 Å². The van der Waals surface area contributed by atoms with Crippen LogP contribution in [0.2, 0.25) is 0 Å². The predicted octanol–water partition coefficient (Wildman–Crippen LogP) is 5.88. The zero-order valence-electron chi connectivity index (χ0n) is 32.9. The number of morpholine rings is 2. The summed E-state index contributed by atoms with van der Waals surface area (Å²) in [6.45, 7) is 10.1. The molecule has 4 aliphatic rings. The molecule has 0 atom stereocenters. The van der Waals surface area contributed by atoms with Gasteiger partial charge >= 0.3 is 0 Å². The summed E-state index contributed by atoms with van der Waals surface area (Å²) in [5, 5.41) is 0. The van der Waals surface area contributed by atoms with Crippen LogP contribution >= 0.6 is 0 Å². The number of aromatic nitrogens is 1. The van der Waals surface area contributed by atoms with E-state index in [4.69, 9.17) is 14.2 Å². The van der Waals surface area contributed by atoms with Gasteiger partial charge in [0.1, 0.15) is 5.75 Å². The first-order valence-electron chi connectivity index (χ1n) is 20.4. The number of benzene rings is 3. The molecule has 4 aliphatic heterocycles. The second kappa shape index (κ2) is 19.0. The molecule has 0 radical (unpaired) electrons. The normalized spacial score (nSPS) is 19.6. The highest BCUT2D eigenvalue weighted by molar-refractivity contribution is 5.94. The van der Waals surface area contributed by atoms with Gasteiger partial charge in [-0.2, -0.15) is 0 Å². The number of likely N-dealkylation sites (tertiary alicyclic amines) is 2. The number of methoxy groups -OCH3 is 1. The van der Waals surface area contributed by atoms with E-state index in [1.165, 1.54) is 5.56 Å². The number of para-hydroxylation sites is 1. The number of pyridine rings is 1. The molecule has 296 valence electrons. The average molecular weight is 760 g/mol. The molecule has 0 N–H and O–H groups in total. The fourth-order valence-electron chi connectivity index (χ4n) is 8.54. The van der Waals surface area contributed by atoms with E-state index in [1.54, 1.807) is 7.11 Å². The summed E-state index contributed by atoms with van der Waals surface area (Å²) in [5.74, 6) is 1.20. The predicted molar refractivity (Wildman–Crippen MR) is 218 cm³/mol. The van der Waals surface area contributed by atoms with Crippen molar-refractivity contribution in [2.45, 2.75) is 49.7 Å². The summed E-state index contributed by atoms with van der Waals surface area (Å²) >= 11 is 0. The Kier molecular flexibility index (Phi) is 13.5. The van der Waals surface area contributed by atoms with Gasteiger partial charge < -0.3 is 33.8 Å². The van der Waals surface area contributed by atoms with E-state index in [0.29, 0.717) is 39.4 Å². The minimum absolute atomic E-state index is 0.117. The van der Waals surface area contributed by atoms with Crippen LogP contribution in [0.1, 0.15) is 57.7 Å². The highest BCUT2D eigenvalue weighted by Crippen LogP contribution is 2.32. The van der Waals surface area contributed by atoms with Crippen LogP contribution in [0.4, 0.5) is 0 Å². The lowest BCUT2D eigenvalue weighted by molar-refractivity contribution is -0.127. The number of carbonyl (C=O) groups is 2. The second-order valence-electron chi connectivity index (χ2n) is 15.6. The molecule has 3 aromatic carbocycles. The van der Waals surface area contributed by atoms with Crippen LogP contribution in [-0.2, 0) is 22.3 Å². The summed E-state index contributed by atoms with van der Waals surface area (Å²) in [4.78, 5) is 39.0. The van der Waals surface area contributed by atoms with Crippen molar-refractivity contribution in [3.63, 3.8) is 0 Å². The van der Waals surface area contributed by atoms with Crippen molar-refractivity contribution in [3.05, 3.63) is 132 Å². The van der Waals surface area contributed by atoms with Crippen LogP contribution in [0.5, 0.6) is 5.75 Å². The third-order valence-electron chi connectivity index (χ3n) is 11.9. The monoisotopic (exact) mass is 759 g/mol. The van der Waals surface area contributed by atoms with Gasteiger partial charge in [-0.05, 0) is 80.1 Å². The maximum atomic E-state index is 12.9. The molecule has 2 amide bonds. The Bertz CT molecular complexity index is 1830. The van der Waals surface area contributed by atoms with Gasteiger partial charge in [0.25, 0.3) is 11.8 Å². The first-order chi connectivity index (χ1) is 27.4. The Balaban J connectivity index is 0.000000172. The fourth-order valence-corrected chi connectivity index (χ4v) is 8.54. The van der Waals surface area contributed by atoms with Crippen LogP contribution in [0.25, 0.3) is 0 Å². The third kappa shape index (κ3) is 10.2. The molecular formula is C46H57N5O5. The van der Waals surface area contributed by atoms with E-state index in [-0.39, 0.29) is 23.0 Å². The highest BCUT2D eigenvalue weighted by atomic mass is 16.5. The van der Waals surface area contributed by atoms with Crippen LogP contribution in [0.3, 0.4) is 0 Å². The van der Waals surface area contributed by atoms with E-state index < -0.39 is 0 Å². The van der Waals surface area contributed by atoms with Crippen molar-refractivity contribution < 1.29 is 23.8 Å². The van der Waals surface area contributed by atoms with Crippen molar-refractivity contribution in [3.8, 4) is 5.75 Å². The van der Waals surface area contributed by atoms with Gasteiger partial charge in [0.15, 0.2) is 0 Å². The molecule has 0 unspecified atom stereocenters. The summed E-state index contributed by atoms with van der Waals surface area (Å²) < 4.78 is 17.9. The average Bonchev–Trinajstić information content (AvgIpc) is 3.27. The van der Waals surface area contributed by atoms with Gasteiger partial charge in [-0.1, -0.05) is 60.7 Å². The summed E-state index contributed by atoms with van der Waals surface area (Å²) in [7, 11) is 1.73. The molecule has 10 nitrogen and oxygen atoms in total. The molecule has 2 spiro atoms. The standard InChI is InChI=1S/C24H30N2O3.C22H27N3O2/c1-28-22-10-6-5-7-20(22)11-14-25-15-12-24(13-16-25)19-26(17-18-29-24)23(27)21-8-3-2-4-9-21;26-21(19-6-2-1-3-7-19)25-16-17-27-22(18-25)10-14-24(15-11-22)13-9-20-8-4-5-12-23-20/h2-10H,11-19H2,1H3;1-8,12H,9-11,13-18H2. The topological polar surface area (TPSA) is 87.7 Å². The first-order valence-corrected chi connectivity index (χ1v) is 20.4. The number of rotatable bonds is 9. The maximum absolute atomic E-state index is 12.9. The smallest absolute Gasteiger partial charge is 0.254 e. The zero-order valence-corrected chi connectivity index (χ0v) is 32.9. The van der Waals surface area contributed by atoms with Gasteiger partial charge in [0.05, 0.1) is 44.6 Å². The van der Waals surface area contributed by atoms with Gasteiger partial charge in [-0.25, -0.2) is 0 Å². The minimum Gasteiger partial charge on any atom is -0.496 e. The second-order valence-corrected chi connectivity index (χ2v) is 15.6. The van der Waals surface area contributed by atoms with Crippen molar-refractivity contribution in [1.29, 1.82) is 0 Å². The van der Waals surface area contributed by atoms with Crippen molar-refractivity contribution in [1.82, 2.24) is 24.6 Å². The van der Waals surface area contributed by atoms with Crippen LogP contribution < -0.4 is 4.74 Å². The number of nitrogens with zero attached hydrogens (tertiary/aromatic N) is 5. The molecule has 4 fully saturated rings. The largest absolute Gasteiger partial charge is 0.496 e. The number of hydrogen-bond donors (Lipinski definition) is 0. The Hall–Kier alpha value is -4.61. The summed E-state index contributed by atoms with van der Waals surface area (Å²) in [6, 6.07) is 33.5. The van der Waals surface area contributed by atoms with Gasteiger partial charge in [-0.3, -0.25) is 14.6 Å². The Morgan fingerprint density at radius 3 is 1.59 bits per heavy atom. The Labute approximate surface area is 332 Å². The Morgan fingerprint density at radius 2 is 1.09 bits per heavy atom. The van der Waals surface area contributed by atoms with Gasteiger partial charge in [-0.15, -0.1) is 0 Å². The quantitative estimate of drug-likeness (QED) is 0.210. The molecule has 10 heteroatoms. The number of piperidine rings is 2. The molecule has 1 aromatic heterocycles. The molecule has 56 heavy (non-hydrogen) atoms. The third-order valence-corrected chi connectivity index (χ3v) is 11.9. The molecule has 4 saturated heterocycles. The molecule has 4 aromatic rings. The number of ether oxygens (including phenoxy) is 3. The SMILES string of the molecule is COc1ccccc1CCN1CCC2(CC1)CN(C(=O)c1ccccc1)CCO2.O=C(c1ccccc1)N1CCOC2(CCN(CCc3ccccn3)CC2)C1. The number of hydrogen-bond acceptors (Lipinski definition) is 8. The lowest BCUT2D eigenvalue weighted by Crippen LogP contribution is -2.58. The minimum atomic E-state index is -0.191. The molecule has 0 aliphatic carbocycles. The van der Waals surface area contributed by atoms with Crippen LogP contribution in [0, 0.1) is 0 Å². The molecule has 0 saturated carbocycles. The van der Waals surface area contributed by atoms with Crippen LogP contribution in [0.15, 0.2) is 109 Å². The summed E-state index contributed by atoms with van der Waals surface area (Å²) in [5.41, 5.74) is 3.56. The summed E-state index contributed by atoms with van der Waals surface area (Å²) in [6.07, 6.45) is 7.72. The molecule has 8 rings (SSSR count). The maximum Gasteiger partial charge on any atom is 0.254 e.